The standard InChI is InChI=1S/C19H31N3/c1-15-13-16(7-8-20(2)3)18-6-5-17(14-19(15)18)22-11-9-21(4)10-12-22/h5-6,14-16H,7-13H2,1-4H3/t15-,16-/m1/s1. The van der Waals surface area contributed by atoms with Crippen LogP contribution in [0, 0.1) is 0 Å². The van der Waals surface area contributed by atoms with E-state index in [1.54, 1.807) is 11.1 Å². The van der Waals surface area contributed by atoms with Crippen LogP contribution in [0.2, 0.25) is 0 Å². The lowest BCUT2D eigenvalue weighted by Crippen LogP contribution is -2.44. The van der Waals surface area contributed by atoms with Gasteiger partial charge in [0.05, 0.1) is 0 Å². The van der Waals surface area contributed by atoms with Gasteiger partial charge in [0.1, 0.15) is 0 Å². The molecule has 3 rings (SSSR count). The van der Waals surface area contributed by atoms with Crippen molar-refractivity contribution < 1.29 is 0 Å². The van der Waals surface area contributed by atoms with Crippen LogP contribution in [0.4, 0.5) is 5.69 Å². The predicted molar refractivity (Wildman–Crippen MR) is 95.1 cm³/mol. The van der Waals surface area contributed by atoms with Gasteiger partial charge in [-0.1, -0.05) is 13.0 Å². The van der Waals surface area contributed by atoms with Crippen molar-refractivity contribution in [2.45, 2.75) is 31.6 Å². The largest absolute Gasteiger partial charge is 0.369 e. The molecule has 2 atom stereocenters. The summed E-state index contributed by atoms with van der Waals surface area (Å²) in [6, 6.07) is 7.28. The number of benzene rings is 1. The first-order chi connectivity index (χ1) is 10.5. The molecule has 0 amide bonds. The smallest absolute Gasteiger partial charge is 0.0370 e. The van der Waals surface area contributed by atoms with Gasteiger partial charge >= 0.3 is 0 Å². The van der Waals surface area contributed by atoms with Crippen molar-refractivity contribution in [3.8, 4) is 0 Å². The van der Waals surface area contributed by atoms with Crippen LogP contribution in [0.3, 0.4) is 0 Å². The molecule has 1 aromatic rings. The fourth-order valence-electron chi connectivity index (χ4n) is 3.99. The van der Waals surface area contributed by atoms with Gasteiger partial charge in [-0.15, -0.1) is 0 Å². The number of nitrogens with zero attached hydrogens (tertiary/aromatic N) is 3. The summed E-state index contributed by atoms with van der Waals surface area (Å²) in [6.07, 6.45) is 2.62. The Kier molecular flexibility index (Phi) is 4.74. The highest BCUT2D eigenvalue weighted by atomic mass is 15.2. The van der Waals surface area contributed by atoms with E-state index in [-0.39, 0.29) is 0 Å². The molecule has 0 aromatic heterocycles. The highest BCUT2D eigenvalue weighted by Crippen LogP contribution is 2.44. The van der Waals surface area contributed by atoms with Gasteiger partial charge in [-0.05, 0) is 75.6 Å². The van der Waals surface area contributed by atoms with Gasteiger partial charge in [0.15, 0.2) is 0 Å². The van der Waals surface area contributed by atoms with Crippen molar-refractivity contribution in [2.24, 2.45) is 0 Å². The molecule has 22 heavy (non-hydrogen) atoms. The van der Waals surface area contributed by atoms with Crippen molar-refractivity contribution in [3.05, 3.63) is 29.3 Å². The first-order valence-electron chi connectivity index (χ1n) is 8.76. The molecule has 1 fully saturated rings. The van der Waals surface area contributed by atoms with Crippen molar-refractivity contribution in [1.82, 2.24) is 9.80 Å². The van der Waals surface area contributed by atoms with Crippen LogP contribution in [0.1, 0.15) is 42.7 Å². The van der Waals surface area contributed by atoms with Gasteiger partial charge in [0.2, 0.25) is 0 Å². The third kappa shape index (κ3) is 3.31. The molecule has 1 aromatic carbocycles. The molecule has 122 valence electrons. The summed E-state index contributed by atoms with van der Waals surface area (Å²) in [6.45, 7) is 8.27. The van der Waals surface area contributed by atoms with Crippen LogP contribution in [0.15, 0.2) is 18.2 Å². The molecule has 2 aliphatic rings. The average Bonchev–Trinajstić information content (AvgIpc) is 2.82. The maximum atomic E-state index is 2.56. The number of piperazine rings is 1. The fraction of sp³-hybridized carbons (Fsp3) is 0.684. The van der Waals surface area contributed by atoms with E-state index in [9.17, 15) is 0 Å². The lowest BCUT2D eigenvalue weighted by molar-refractivity contribution is 0.313. The van der Waals surface area contributed by atoms with Gasteiger partial charge in [0.25, 0.3) is 0 Å². The summed E-state index contributed by atoms with van der Waals surface area (Å²) >= 11 is 0. The molecule has 1 aliphatic carbocycles. The van der Waals surface area contributed by atoms with E-state index in [0.717, 1.165) is 24.9 Å². The zero-order valence-electron chi connectivity index (χ0n) is 14.7. The van der Waals surface area contributed by atoms with Crippen molar-refractivity contribution in [1.29, 1.82) is 0 Å². The number of hydrogen-bond acceptors (Lipinski definition) is 3. The van der Waals surface area contributed by atoms with Crippen LogP contribution in [-0.2, 0) is 0 Å². The number of rotatable bonds is 4. The maximum Gasteiger partial charge on any atom is 0.0370 e. The summed E-state index contributed by atoms with van der Waals surface area (Å²) in [5.74, 6) is 1.48. The van der Waals surface area contributed by atoms with E-state index < -0.39 is 0 Å². The van der Waals surface area contributed by atoms with Gasteiger partial charge in [-0.2, -0.15) is 0 Å². The highest BCUT2D eigenvalue weighted by Gasteiger charge is 2.28. The summed E-state index contributed by atoms with van der Waals surface area (Å²) in [5.41, 5.74) is 4.67. The van der Waals surface area contributed by atoms with Crippen LogP contribution in [0.5, 0.6) is 0 Å². The quantitative estimate of drug-likeness (QED) is 0.846. The van der Waals surface area contributed by atoms with E-state index in [2.05, 4.69) is 61.0 Å². The average molecular weight is 301 g/mol. The third-order valence-electron chi connectivity index (χ3n) is 5.47. The molecule has 3 heteroatoms. The Morgan fingerprint density at radius 1 is 1.09 bits per heavy atom. The number of fused-ring (bicyclic) bond motifs is 1. The van der Waals surface area contributed by atoms with Crippen molar-refractivity contribution in [3.63, 3.8) is 0 Å². The van der Waals surface area contributed by atoms with E-state index in [0.29, 0.717) is 0 Å². The second-order valence-corrected chi connectivity index (χ2v) is 7.53. The zero-order valence-corrected chi connectivity index (χ0v) is 14.7. The molecule has 0 bridgehead atoms. The second kappa shape index (κ2) is 6.59. The van der Waals surface area contributed by atoms with Crippen LogP contribution >= 0.6 is 0 Å². The fourth-order valence-corrected chi connectivity index (χ4v) is 3.99. The molecule has 0 unspecified atom stereocenters. The number of anilines is 1. The van der Waals surface area contributed by atoms with E-state index in [4.69, 9.17) is 0 Å². The predicted octanol–water partition coefficient (Wildman–Crippen LogP) is 2.98. The van der Waals surface area contributed by atoms with Crippen LogP contribution < -0.4 is 4.90 Å². The van der Waals surface area contributed by atoms with Gasteiger partial charge in [-0.25, -0.2) is 0 Å². The minimum Gasteiger partial charge on any atom is -0.369 e. The topological polar surface area (TPSA) is 9.72 Å². The first kappa shape index (κ1) is 15.8. The molecule has 0 N–H and O–H groups in total. The normalized spacial score (nSPS) is 25.8. The van der Waals surface area contributed by atoms with Crippen LogP contribution in [-0.4, -0.2) is 63.7 Å². The number of likely N-dealkylation sites (N-methyl/N-ethyl adjacent to an activating group) is 1. The Hall–Kier alpha value is -1.06. The Balaban J connectivity index is 1.74. The second-order valence-electron chi connectivity index (χ2n) is 7.53. The van der Waals surface area contributed by atoms with E-state index >= 15 is 0 Å². The Labute approximate surface area is 135 Å². The molecule has 1 saturated heterocycles. The molecule has 0 spiro atoms. The SMILES string of the molecule is C[C@@H]1C[C@@H](CCN(C)C)c2ccc(N3CCN(C)CC3)cc21. The van der Waals surface area contributed by atoms with Gasteiger partial charge in [0, 0.05) is 31.9 Å². The van der Waals surface area contributed by atoms with Crippen molar-refractivity contribution >= 4 is 5.69 Å². The monoisotopic (exact) mass is 301 g/mol. The minimum absolute atomic E-state index is 0.717. The zero-order chi connectivity index (χ0) is 15.7. The number of hydrogen-bond donors (Lipinski definition) is 0. The van der Waals surface area contributed by atoms with Crippen LogP contribution in [0.25, 0.3) is 0 Å². The minimum atomic E-state index is 0.717. The Morgan fingerprint density at radius 3 is 2.50 bits per heavy atom. The summed E-state index contributed by atoms with van der Waals surface area (Å²) in [4.78, 5) is 7.28. The highest BCUT2D eigenvalue weighted by molar-refractivity contribution is 5.54. The molecular weight excluding hydrogens is 270 g/mol. The summed E-state index contributed by atoms with van der Waals surface area (Å²) in [5, 5.41) is 0. The Morgan fingerprint density at radius 2 is 1.82 bits per heavy atom. The third-order valence-corrected chi connectivity index (χ3v) is 5.47. The maximum absolute atomic E-state index is 2.56. The summed E-state index contributed by atoms with van der Waals surface area (Å²) < 4.78 is 0. The molecule has 1 heterocycles. The molecular formula is C19H31N3. The molecule has 1 aliphatic heterocycles. The van der Waals surface area contributed by atoms with Gasteiger partial charge in [-0.3, -0.25) is 0 Å². The molecule has 0 radical (unpaired) electrons. The van der Waals surface area contributed by atoms with Crippen molar-refractivity contribution in [2.75, 3.05) is 58.8 Å². The van der Waals surface area contributed by atoms with Gasteiger partial charge < -0.3 is 14.7 Å². The summed E-state index contributed by atoms with van der Waals surface area (Å²) in [7, 11) is 6.57. The van der Waals surface area contributed by atoms with E-state index in [1.807, 2.05) is 0 Å². The first-order valence-corrected chi connectivity index (χ1v) is 8.76. The molecule has 3 nitrogen and oxygen atoms in total. The lowest BCUT2D eigenvalue weighted by atomic mass is 9.97. The lowest BCUT2D eigenvalue weighted by Gasteiger charge is -2.34. The Bertz CT molecular complexity index is 503. The molecule has 0 saturated carbocycles. The van der Waals surface area contributed by atoms with E-state index in [1.165, 1.54) is 38.2 Å².